The highest BCUT2D eigenvalue weighted by Crippen LogP contribution is 2.31. The first-order valence-electron chi connectivity index (χ1n) is 3.53. The molecule has 0 amide bonds. The zero-order valence-corrected chi connectivity index (χ0v) is 7.21. The van der Waals surface area contributed by atoms with Crippen molar-refractivity contribution in [1.29, 1.82) is 0 Å². The van der Waals surface area contributed by atoms with Gasteiger partial charge in [-0.2, -0.15) is 0 Å². The van der Waals surface area contributed by atoms with Crippen molar-refractivity contribution in [3.8, 4) is 0 Å². The van der Waals surface area contributed by atoms with Crippen molar-refractivity contribution in [2.45, 2.75) is 19.8 Å². The maximum atomic E-state index is 12.4. The number of carboxylic acid groups (broad SMARTS) is 1. The molecule has 0 fully saturated rings. The summed E-state index contributed by atoms with van der Waals surface area (Å²) in [6.07, 6.45) is -3.78. The van der Waals surface area contributed by atoms with Gasteiger partial charge in [-0.3, -0.25) is 9.59 Å². The van der Waals surface area contributed by atoms with Crippen LogP contribution in [-0.2, 0) is 14.3 Å². The van der Waals surface area contributed by atoms with Gasteiger partial charge in [-0.25, -0.2) is 8.78 Å². The van der Waals surface area contributed by atoms with Crippen LogP contribution in [-0.4, -0.2) is 30.6 Å². The average Bonchev–Trinajstić information content (AvgIpc) is 2.04. The van der Waals surface area contributed by atoms with Gasteiger partial charge in [-0.15, -0.1) is 0 Å². The summed E-state index contributed by atoms with van der Waals surface area (Å²) in [6.45, 7) is 1.19. The minimum Gasteiger partial charge on any atom is -0.480 e. The van der Waals surface area contributed by atoms with E-state index in [0.717, 1.165) is 7.11 Å². The van der Waals surface area contributed by atoms with E-state index in [9.17, 15) is 18.4 Å². The zero-order chi connectivity index (χ0) is 10.6. The molecule has 13 heavy (non-hydrogen) atoms. The molecule has 4 nitrogen and oxygen atoms in total. The van der Waals surface area contributed by atoms with Gasteiger partial charge >= 0.3 is 11.9 Å². The van der Waals surface area contributed by atoms with Crippen LogP contribution < -0.4 is 0 Å². The van der Waals surface area contributed by atoms with E-state index >= 15 is 0 Å². The van der Waals surface area contributed by atoms with Crippen LogP contribution in [0, 0.1) is 5.41 Å². The van der Waals surface area contributed by atoms with Crippen LogP contribution in [0.25, 0.3) is 0 Å². The first-order valence-corrected chi connectivity index (χ1v) is 3.53. The summed E-state index contributed by atoms with van der Waals surface area (Å²) in [6, 6.07) is 0. The Morgan fingerprint density at radius 2 is 2.00 bits per heavy atom. The van der Waals surface area contributed by atoms with E-state index in [0.29, 0.717) is 0 Å². The van der Waals surface area contributed by atoms with Crippen molar-refractivity contribution in [2.75, 3.05) is 7.11 Å². The minimum atomic E-state index is -3.28. The average molecular weight is 196 g/mol. The van der Waals surface area contributed by atoms with Crippen molar-refractivity contribution >= 4 is 11.9 Å². The number of alkyl halides is 2. The van der Waals surface area contributed by atoms with E-state index in [1.807, 2.05) is 0 Å². The van der Waals surface area contributed by atoms with Crippen molar-refractivity contribution in [3.63, 3.8) is 0 Å². The highest BCUT2D eigenvalue weighted by molar-refractivity contribution is 5.99. The first kappa shape index (κ1) is 11.8. The van der Waals surface area contributed by atoms with Gasteiger partial charge in [0, 0.05) is 0 Å². The monoisotopic (exact) mass is 196 g/mol. The molecule has 0 spiro atoms. The number of carbonyl (C=O) groups excluding carboxylic acids is 1. The molecule has 0 heterocycles. The Hall–Kier alpha value is -1.20. The van der Waals surface area contributed by atoms with Gasteiger partial charge in [-0.1, -0.05) is 6.92 Å². The predicted molar refractivity (Wildman–Crippen MR) is 38.4 cm³/mol. The molecule has 0 bridgehead atoms. The van der Waals surface area contributed by atoms with Gasteiger partial charge in [-0.05, 0) is 6.42 Å². The lowest BCUT2D eigenvalue weighted by Crippen LogP contribution is -2.45. The third kappa shape index (κ3) is 1.76. The zero-order valence-electron chi connectivity index (χ0n) is 7.21. The second kappa shape index (κ2) is 4.15. The lowest BCUT2D eigenvalue weighted by molar-refractivity contribution is -0.179. The Kier molecular flexibility index (Phi) is 3.77. The topological polar surface area (TPSA) is 63.6 Å². The molecule has 0 saturated heterocycles. The molecule has 0 aliphatic carbocycles. The standard InChI is InChI=1S/C7H10F2O4/c1-3-7(4(8)9,5(10)11)6(12)13-2/h4H,3H2,1-2H3,(H,10,11). The Bertz CT molecular complexity index is 217. The highest BCUT2D eigenvalue weighted by atomic mass is 19.3. The van der Waals surface area contributed by atoms with Gasteiger partial charge < -0.3 is 9.84 Å². The summed E-state index contributed by atoms with van der Waals surface area (Å²) in [7, 11) is 0.873. The van der Waals surface area contributed by atoms with Crippen LogP contribution in [0.5, 0.6) is 0 Å². The second-order valence-corrected chi connectivity index (χ2v) is 2.42. The van der Waals surface area contributed by atoms with E-state index in [4.69, 9.17) is 5.11 Å². The van der Waals surface area contributed by atoms with Crippen LogP contribution >= 0.6 is 0 Å². The van der Waals surface area contributed by atoms with E-state index in [1.165, 1.54) is 6.92 Å². The van der Waals surface area contributed by atoms with Gasteiger partial charge in [0.1, 0.15) is 0 Å². The summed E-state index contributed by atoms with van der Waals surface area (Å²) in [5, 5.41) is 8.51. The van der Waals surface area contributed by atoms with Gasteiger partial charge in [0.2, 0.25) is 5.41 Å². The summed E-state index contributed by atoms with van der Waals surface area (Å²) in [5.41, 5.74) is -2.73. The lowest BCUT2D eigenvalue weighted by atomic mass is 9.86. The SMILES string of the molecule is CCC(C(=O)O)(C(=O)OC)C(F)F. The Morgan fingerprint density at radius 3 is 2.08 bits per heavy atom. The summed E-state index contributed by atoms with van der Waals surface area (Å²) < 4.78 is 28.8. The van der Waals surface area contributed by atoms with Gasteiger partial charge in [0.25, 0.3) is 6.43 Å². The summed E-state index contributed by atoms with van der Waals surface area (Å²) in [5.74, 6) is -3.28. The molecule has 0 radical (unpaired) electrons. The molecule has 1 atom stereocenters. The molecule has 76 valence electrons. The number of methoxy groups -OCH3 is 1. The number of hydrogen-bond donors (Lipinski definition) is 1. The van der Waals surface area contributed by atoms with Gasteiger partial charge in [0.15, 0.2) is 0 Å². The molecular weight excluding hydrogens is 186 g/mol. The molecule has 1 N–H and O–H groups in total. The lowest BCUT2D eigenvalue weighted by Gasteiger charge is -2.23. The Morgan fingerprint density at radius 1 is 1.54 bits per heavy atom. The van der Waals surface area contributed by atoms with Gasteiger partial charge in [0.05, 0.1) is 7.11 Å². The minimum absolute atomic E-state index is 0.507. The number of carbonyl (C=O) groups is 2. The molecular formula is C7H10F2O4. The molecule has 1 unspecified atom stereocenters. The molecule has 0 aromatic heterocycles. The van der Waals surface area contributed by atoms with E-state index in [2.05, 4.69) is 4.74 Å². The fraction of sp³-hybridized carbons (Fsp3) is 0.714. The van der Waals surface area contributed by atoms with Crippen LogP contribution in [0.3, 0.4) is 0 Å². The number of ether oxygens (including phenoxy) is 1. The van der Waals surface area contributed by atoms with E-state index < -0.39 is 30.2 Å². The van der Waals surface area contributed by atoms with Crippen LogP contribution in [0.2, 0.25) is 0 Å². The first-order chi connectivity index (χ1) is 5.93. The van der Waals surface area contributed by atoms with Crippen molar-refractivity contribution < 1.29 is 28.2 Å². The van der Waals surface area contributed by atoms with Crippen molar-refractivity contribution in [3.05, 3.63) is 0 Å². The van der Waals surface area contributed by atoms with Crippen LogP contribution in [0.1, 0.15) is 13.3 Å². The number of aliphatic carboxylic acids is 1. The van der Waals surface area contributed by atoms with Crippen LogP contribution in [0.15, 0.2) is 0 Å². The molecule has 0 aromatic carbocycles. The molecule has 0 aliphatic rings. The molecule has 0 aromatic rings. The van der Waals surface area contributed by atoms with Crippen LogP contribution in [0.4, 0.5) is 8.78 Å². The number of halogens is 2. The number of carboxylic acids is 1. The Labute approximate surface area is 73.5 Å². The third-order valence-corrected chi connectivity index (χ3v) is 1.86. The Balaban J connectivity index is 5.10. The quantitative estimate of drug-likeness (QED) is 0.536. The summed E-state index contributed by atoms with van der Waals surface area (Å²) >= 11 is 0. The maximum absolute atomic E-state index is 12.4. The molecule has 6 heteroatoms. The normalized spacial score (nSPS) is 15.2. The van der Waals surface area contributed by atoms with Crippen molar-refractivity contribution in [2.24, 2.45) is 5.41 Å². The highest BCUT2D eigenvalue weighted by Gasteiger charge is 2.54. The number of esters is 1. The number of hydrogen-bond acceptors (Lipinski definition) is 3. The van der Waals surface area contributed by atoms with E-state index in [-0.39, 0.29) is 0 Å². The smallest absolute Gasteiger partial charge is 0.329 e. The maximum Gasteiger partial charge on any atom is 0.329 e. The molecule has 0 saturated carbocycles. The fourth-order valence-electron chi connectivity index (χ4n) is 0.902. The van der Waals surface area contributed by atoms with E-state index in [1.54, 1.807) is 0 Å². The van der Waals surface area contributed by atoms with Crippen molar-refractivity contribution in [1.82, 2.24) is 0 Å². The third-order valence-electron chi connectivity index (χ3n) is 1.86. The number of rotatable bonds is 4. The predicted octanol–water partition coefficient (Wildman–Crippen LogP) is 0.905. The molecule has 0 rings (SSSR count). The second-order valence-electron chi connectivity index (χ2n) is 2.42. The largest absolute Gasteiger partial charge is 0.480 e. The fourth-order valence-corrected chi connectivity index (χ4v) is 0.902. The summed E-state index contributed by atoms with van der Waals surface area (Å²) in [4.78, 5) is 21.4. The molecule has 0 aliphatic heterocycles.